The Bertz CT molecular complexity index is 130. The fourth-order valence-electron chi connectivity index (χ4n) is 1.42. The van der Waals surface area contributed by atoms with Crippen molar-refractivity contribution >= 4 is 0 Å². The van der Waals surface area contributed by atoms with Crippen molar-refractivity contribution in [2.24, 2.45) is 11.3 Å². The smallest absolute Gasteiger partial charge is 0.00187 e. The van der Waals surface area contributed by atoms with Crippen molar-refractivity contribution in [1.29, 1.82) is 0 Å². The third-order valence-corrected chi connectivity index (χ3v) is 2.05. The van der Waals surface area contributed by atoms with Crippen LogP contribution in [-0.4, -0.2) is 13.6 Å². The average Bonchev–Trinajstić information content (AvgIpc) is 1.79. The quantitative estimate of drug-likeness (QED) is 0.617. The van der Waals surface area contributed by atoms with Crippen LogP contribution in [0.2, 0.25) is 0 Å². The minimum Gasteiger partial charge on any atom is -0.319 e. The molecule has 0 saturated heterocycles. The van der Waals surface area contributed by atoms with Crippen LogP contribution in [0.4, 0.5) is 0 Å². The van der Waals surface area contributed by atoms with E-state index in [4.69, 9.17) is 0 Å². The summed E-state index contributed by atoms with van der Waals surface area (Å²) in [6.07, 6.45) is 0. The molecule has 0 aliphatic rings. The molecule has 0 spiro atoms. The van der Waals surface area contributed by atoms with Crippen LogP contribution < -0.4 is 5.32 Å². The standard InChI is InChI=1S/C10H21N/c1-8(2)9(7-11-6)10(3,4)5/h9,11H,1,7H2,2-6H3. The van der Waals surface area contributed by atoms with Gasteiger partial charge in [0.1, 0.15) is 0 Å². The zero-order chi connectivity index (χ0) is 9.07. The Balaban J connectivity index is 4.22. The van der Waals surface area contributed by atoms with Gasteiger partial charge in [0, 0.05) is 6.54 Å². The van der Waals surface area contributed by atoms with Gasteiger partial charge in [-0.15, -0.1) is 0 Å². The second-order valence-electron chi connectivity index (χ2n) is 4.32. The van der Waals surface area contributed by atoms with Crippen molar-refractivity contribution in [2.45, 2.75) is 27.7 Å². The Hall–Kier alpha value is -0.300. The highest BCUT2D eigenvalue weighted by molar-refractivity contribution is 5.01. The largest absolute Gasteiger partial charge is 0.319 e. The molecule has 0 rings (SSSR count). The van der Waals surface area contributed by atoms with Crippen molar-refractivity contribution in [3.63, 3.8) is 0 Å². The molecule has 66 valence electrons. The van der Waals surface area contributed by atoms with Crippen molar-refractivity contribution in [1.82, 2.24) is 5.32 Å². The van der Waals surface area contributed by atoms with Crippen LogP contribution in [0.15, 0.2) is 12.2 Å². The van der Waals surface area contributed by atoms with Gasteiger partial charge in [-0.25, -0.2) is 0 Å². The van der Waals surface area contributed by atoms with Gasteiger partial charge in [0.15, 0.2) is 0 Å². The third-order valence-electron chi connectivity index (χ3n) is 2.05. The molecule has 0 bridgehead atoms. The first-order valence-corrected chi connectivity index (χ1v) is 4.19. The van der Waals surface area contributed by atoms with Crippen LogP contribution in [0.5, 0.6) is 0 Å². The van der Waals surface area contributed by atoms with Gasteiger partial charge in [0.05, 0.1) is 0 Å². The molecular formula is C10H21N. The molecule has 0 aromatic carbocycles. The molecule has 0 aliphatic heterocycles. The van der Waals surface area contributed by atoms with Gasteiger partial charge < -0.3 is 5.32 Å². The average molecular weight is 155 g/mol. The Kier molecular flexibility index (Phi) is 3.81. The van der Waals surface area contributed by atoms with Gasteiger partial charge in [-0.3, -0.25) is 0 Å². The first-order valence-electron chi connectivity index (χ1n) is 4.19. The number of rotatable bonds is 3. The Morgan fingerprint density at radius 1 is 1.45 bits per heavy atom. The van der Waals surface area contributed by atoms with Gasteiger partial charge in [-0.05, 0) is 25.3 Å². The zero-order valence-electron chi connectivity index (χ0n) is 8.49. The molecule has 0 aromatic heterocycles. The molecule has 1 nitrogen and oxygen atoms in total. The molecule has 1 unspecified atom stereocenters. The second-order valence-corrected chi connectivity index (χ2v) is 4.32. The van der Waals surface area contributed by atoms with E-state index in [0.717, 1.165) is 6.54 Å². The third kappa shape index (κ3) is 3.57. The molecule has 0 amide bonds. The van der Waals surface area contributed by atoms with E-state index in [1.54, 1.807) is 0 Å². The maximum absolute atomic E-state index is 4.00. The zero-order valence-corrected chi connectivity index (χ0v) is 8.49. The highest BCUT2D eigenvalue weighted by Gasteiger charge is 2.23. The molecular weight excluding hydrogens is 134 g/mol. The molecule has 1 N–H and O–H groups in total. The lowest BCUT2D eigenvalue weighted by Gasteiger charge is -2.31. The Morgan fingerprint density at radius 2 is 1.91 bits per heavy atom. The molecule has 0 saturated carbocycles. The van der Waals surface area contributed by atoms with E-state index in [-0.39, 0.29) is 0 Å². The van der Waals surface area contributed by atoms with Crippen molar-refractivity contribution < 1.29 is 0 Å². The number of hydrogen-bond acceptors (Lipinski definition) is 1. The summed E-state index contributed by atoms with van der Waals surface area (Å²) < 4.78 is 0. The van der Waals surface area contributed by atoms with E-state index < -0.39 is 0 Å². The monoisotopic (exact) mass is 155 g/mol. The van der Waals surface area contributed by atoms with Crippen LogP contribution >= 0.6 is 0 Å². The predicted molar refractivity (Wildman–Crippen MR) is 51.7 cm³/mol. The van der Waals surface area contributed by atoms with E-state index in [2.05, 4.69) is 39.6 Å². The molecule has 0 radical (unpaired) electrons. The summed E-state index contributed by atoms with van der Waals surface area (Å²) in [6.45, 7) is 13.9. The normalized spacial score (nSPS) is 14.6. The number of hydrogen-bond donors (Lipinski definition) is 1. The van der Waals surface area contributed by atoms with Gasteiger partial charge in [-0.1, -0.05) is 32.9 Å². The van der Waals surface area contributed by atoms with E-state index in [1.807, 2.05) is 7.05 Å². The fourth-order valence-corrected chi connectivity index (χ4v) is 1.42. The molecule has 11 heavy (non-hydrogen) atoms. The van der Waals surface area contributed by atoms with Crippen LogP contribution in [0.1, 0.15) is 27.7 Å². The summed E-state index contributed by atoms with van der Waals surface area (Å²) in [6, 6.07) is 0. The van der Waals surface area contributed by atoms with E-state index in [9.17, 15) is 0 Å². The van der Waals surface area contributed by atoms with Gasteiger partial charge >= 0.3 is 0 Å². The summed E-state index contributed by atoms with van der Waals surface area (Å²) in [5, 5.41) is 3.19. The molecule has 1 atom stereocenters. The highest BCUT2D eigenvalue weighted by atomic mass is 14.8. The topological polar surface area (TPSA) is 12.0 Å². The minimum absolute atomic E-state index is 0.328. The van der Waals surface area contributed by atoms with Crippen LogP contribution in [0.3, 0.4) is 0 Å². The van der Waals surface area contributed by atoms with E-state index >= 15 is 0 Å². The summed E-state index contributed by atoms with van der Waals surface area (Å²) >= 11 is 0. The maximum Gasteiger partial charge on any atom is 0.00187 e. The minimum atomic E-state index is 0.328. The lowest BCUT2D eigenvalue weighted by Crippen LogP contribution is -2.30. The number of nitrogens with one attached hydrogen (secondary N) is 1. The van der Waals surface area contributed by atoms with Crippen molar-refractivity contribution in [3.05, 3.63) is 12.2 Å². The van der Waals surface area contributed by atoms with Gasteiger partial charge in [0.2, 0.25) is 0 Å². The molecule has 0 fully saturated rings. The Labute approximate surface area is 70.9 Å². The first-order chi connectivity index (χ1) is 4.89. The summed E-state index contributed by atoms with van der Waals surface area (Å²) in [7, 11) is 1.99. The Morgan fingerprint density at radius 3 is 2.00 bits per heavy atom. The van der Waals surface area contributed by atoms with Crippen LogP contribution in [-0.2, 0) is 0 Å². The molecule has 0 heterocycles. The SMILES string of the molecule is C=C(C)C(CNC)C(C)(C)C. The lowest BCUT2D eigenvalue weighted by molar-refractivity contribution is 0.275. The lowest BCUT2D eigenvalue weighted by atomic mass is 9.77. The molecule has 0 aromatic rings. The summed E-state index contributed by atoms with van der Waals surface area (Å²) in [5.74, 6) is 0.576. The van der Waals surface area contributed by atoms with E-state index in [1.165, 1.54) is 5.57 Å². The molecule has 0 aliphatic carbocycles. The summed E-state index contributed by atoms with van der Waals surface area (Å²) in [5.41, 5.74) is 1.60. The maximum atomic E-state index is 4.00. The first kappa shape index (κ1) is 10.7. The van der Waals surface area contributed by atoms with Crippen LogP contribution in [0.25, 0.3) is 0 Å². The highest BCUT2D eigenvalue weighted by Crippen LogP contribution is 2.30. The van der Waals surface area contributed by atoms with E-state index in [0.29, 0.717) is 11.3 Å². The van der Waals surface area contributed by atoms with Crippen molar-refractivity contribution in [2.75, 3.05) is 13.6 Å². The predicted octanol–water partition coefficient (Wildman–Crippen LogP) is 2.44. The van der Waals surface area contributed by atoms with Gasteiger partial charge in [0.25, 0.3) is 0 Å². The fraction of sp³-hybridized carbons (Fsp3) is 0.800. The van der Waals surface area contributed by atoms with Crippen molar-refractivity contribution in [3.8, 4) is 0 Å². The van der Waals surface area contributed by atoms with Crippen LogP contribution in [0, 0.1) is 11.3 Å². The summed E-state index contributed by atoms with van der Waals surface area (Å²) in [4.78, 5) is 0. The second kappa shape index (κ2) is 3.91. The van der Waals surface area contributed by atoms with Gasteiger partial charge in [-0.2, -0.15) is 0 Å². The molecule has 1 heteroatoms.